The van der Waals surface area contributed by atoms with E-state index in [1.807, 2.05) is 31.2 Å². The Morgan fingerprint density at radius 2 is 1.64 bits per heavy atom. The van der Waals surface area contributed by atoms with Crippen LogP contribution in [0.3, 0.4) is 0 Å². The summed E-state index contributed by atoms with van der Waals surface area (Å²) in [6.45, 7) is 2.38. The fraction of sp³-hybridized carbons (Fsp3) is 0.235. The predicted molar refractivity (Wildman–Crippen MR) is 113 cm³/mol. The molecule has 25 heavy (non-hydrogen) atoms. The molecule has 6 nitrogen and oxygen atoms in total. The second-order valence-corrected chi connectivity index (χ2v) is 7.78. The number of sulfonamides is 1. The van der Waals surface area contributed by atoms with Crippen molar-refractivity contribution >= 4 is 45.6 Å². The zero-order valence-corrected chi connectivity index (χ0v) is 17.6. The van der Waals surface area contributed by atoms with E-state index in [2.05, 4.69) is 10.3 Å². The smallest absolute Gasteiger partial charge is 0.242 e. The van der Waals surface area contributed by atoms with Crippen molar-refractivity contribution in [2.45, 2.75) is 18.4 Å². The van der Waals surface area contributed by atoms with Gasteiger partial charge in [-0.05, 0) is 36.8 Å². The Balaban J connectivity index is 0.00000312. The summed E-state index contributed by atoms with van der Waals surface area (Å²) in [5.41, 5.74) is 8.78. The number of hydrogen-bond donors (Lipinski definition) is 2. The highest BCUT2D eigenvalue weighted by Crippen LogP contribution is 2.14. The first-order valence-corrected chi connectivity index (χ1v) is 8.88. The lowest BCUT2D eigenvalue weighted by Crippen LogP contribution is -2.22. The summed E-state index contributed by atoms with van der Waals surface area (Å²) in [6, 6.07) is 14.4. The van der Waals surface area contributed by atoms with Gasteiger partial charge >= 0.3 is 0 Å². The van der Waals surface area contributed by atoms with Crippen LogP contribution in [-0.4, -0.2) is 32.8 Å². The molecule has 2 aromatic carbocycles. The summed E-state index contributed by atoms with van der Waals surface area (Å²) in [5, 5.41) is 3.02. The van der Waals surface area contributed by atoms with Crippen molar-refractivity contribution in [1.29, 1.82) is 0 Å². The highest BCUT2D eigenvalue weighted by molar-refractivity contribution is 14.0. The van der Waals surface area contributed by atoms with Crippen molar-refractivity contribution in [1.82, 2.24) is 4.31 Å². The highest BCUT2D eigenvalue weighted by Gasteiger charge is 2.16. The predicted octanol–water partition coefficient (Wildman–Crippen LogP) is 2.79. The van der Waals surface area contributed by atoms with E-state index in [1.54, 1.807) is 24.3 Å². The van der Waals surface area contributed by atoms with Crippen LogP contribution in [0.15, 0.2) is 58.4 Å². The van der Waals surface area contributed by atoms with Gasteiger partial charge in [-0.2, -0.15) is 0 Å². The van der Waals surface area contributed by atoms with Gasteiger partial charge in [0.05, 0.1) is 11.4 Å². The zero-order chi connectivity index (χ0) is 17.7. The number of hydrogen-bond acceptors (Lipinski definition) is 3. The average molecular weight is 474 g/mol. The number of anilines is 1. The largest absolute Gasteiger partial charge is 0.370 e. The maximum atomic E-state index is 12.0. The second kappa shape index (κ2) is 9.16. The first-order chi connectivity index (χ1) is 11.3. The van der Waals surface area contributed by atoms with E-state index in [-0.39, 0.29) is 28.9 Å². The van der Waals surface area contributed by atoms with E-state index >= 15 is 0 Å². The van der Waals surface area contributed by atoms with Gasteiger partial charge in [-0.25, -0.2) is 17.7 Å². The number of nitrogens with zero attached hydrogens (tertiary/aromatic N) is 2. The van der Waals surface area contributed by atoms with E-state index in [1.165, 1.54) is 24.0 Å². The molecule has 0 amide bonds. The quantitative estimate of drug-likeness (QED) is 0.397. The summed E-state index contributed by atoms with van der Waals surface area (Å²) >= 11 is 0. The molecule has 2 aromatic rings. The highest BCUT2D eigenvalue weighted by atomic mass is 127. The van der Waals surface area contributed by atoms with Crippen LogP contribution in [0.25, 0.3) is 0 Å². The minimum Gasteiger partial charge on any atom is -0.370 e. The van der Waals surface area contributed by atoms with Gasteiger partial charge < -0.3 is 11.1 Å². The Morgan fingerprint density at radius 3 is 2.16 bits per heavy atom. The number of nitrogens with two attached hydrogens (primary N) is 1. The van der Waals surface area contributed by atoms with Crippen LogP contribution in [0, 0.1) is 6.92 Å². The topological polar surface area (TPSA) is 87.8 Å². The third kappa shape index (κ3) is 5.98. The zero-order valence-electron chi connectivity index (χ0n) is 14.4. The minimum atomic E-state index is -3.41. The Bertz CT molecular complexity index is 817. The van der Waals surface area contributed by atoms with Gasteiger partial charge in [0.15, 0.2) is 5.96 Å². The van der Waals surface area contributed by atoms with Crippen molar-refractivity contribution < 1.29 is 8.42 Å². The van der Waals surface area contributed by atoms with Crippen LogP contribution in [0.4, 0.5) is 5.69 Å². The normalized spacial score (nSPS) is 11.9. The van der Waals surface area contributed by atoms with Gasteiger partial charge in [0.25, 0.3) is 0 Å². The molecule has 0 aliphatic rings. The van der Waals surface area contributed by atoms with Gasteiger partial charge in [0.2, 0.25) is 10.0 Å². The van der Waals surface area contributed by atoms with Gasteiger partial charge in [0, 0.05) is 19.8 Å². The van der Waals surface area contributed by atoms with Crippen LogP contribution >= 0.6 is 24.0 Å². The van der Waals surface area contributed by atoms with Gasteiger partial charge in [-0.15, -0.1) is 24.0 Å². The standard InChI is InChI=1S/C17H22N4O2S.HI/c1-13-4-8-15(9-5-13)20-17(18)19-12-14-6-10-16(11-7-14)24(22,23)21(2)3;/h4-11H,12H2,1-3H3,(H3,18,19,20);1H. The van der Waals surface area contributed by atoms with E-state index in [9.17, 15) is 8.42 Å². The molecule has 0 radical (unpaired) electrons. The molecular weight excluding hydrogens is 451 g/mol. The Labute approximate surface area is 166 Å². The van der Waals surface area contributed by atoms with Crippen molar-refractivity contribution in [3.8, 4) is 0 Å². The fourth-order valence-corrected chi connectivity index (χ4v) is 2.88. The first kappa shape index (κ1) is 21.4. The van der Waals surface area contributed by atoms with Crippen LogP contribution in [0.5, 0.6) is 0 Å². The van der Waals surface area contributed by atoms with Gasteiger partial charge in [-0.3, -0.25) is 0 Å². The number of nitrogens with one attached hydrogen (secondary N) is 1. The van der Waals surface area contributed by atoms with Crippen molar-refractivity contribution in [2.24, 2.45) is 10.7 Å². The van der Waals surface area contributed by atoms with Crippen LogP contribution < -0.4 is 11.1 Å². The average Bonchev–Trinajstić information content (AvgIpc) is 2.55. The molecule has 0 fully saturated rings. The monoisotopic (exact) mass is 474 g/mol. The van der Waals surface area contributed by atoms with Gasteiger partial charge in [0.1, 0.15) is 0 Å². The Kier molecular flexibility index (Phi) is 7.84. The first-order valence-electron chi connectivity index (χ1n) is 7.44. The van der Waals surface area contributed by atoms with Crippen LogP contribution in [0.2, 0.25) is 0 Å². The molecule has 0 aliphatic carbocycles. The van der Waals surface area contributed by atoms with E-state index < -0.39 is 10.0 Å². The van der Waals surface area contributed by atoms with Crippen LogP contribution in [0.1, 0.15) is 11.1 Å². The second-order valence-electron chi connectivity index (χ2n) is 5.62. The van der Waals surface area contributed by atoms with Crippen molar-refractivity contribution in [3.05, 3.63) is 59.7 Å². The van der Waals surface area contributed by atoms with E-state index in [0.29, 0.717) is 12.5 Å². The number of rotatable bonds is 5. The lowest BCUT2D eigenvalue weighted by Gasteiger charge is -2.11. The third-order valence-corrected chi connectivity index (χ3v) is 5.29. The molecule has 0 aromatic heterocycles. The fourth-order valence-electron chi connectivity index (χ4n) is 1.98. The van der Waals surface area contributed by atoms with E-state index in [0.717, 1.165) is 11.3 Å². The molecule has 0 spiro atoms. The molecule has 0 atom stereocenters. The number of guanidine groups is 1. The Morgan fingerprint density at radius 1 is 1.08 bits per heavy atom. The third-order valence-electron chi connectivity index (χ3n) is 3.46. The number of aliphatic imine (C=N–C) groups is 1. The molecule has 0 heterocycles. The lowest BCUT2D eigenvalue weighted by atomic mass is 10.2. The molecule has 0 saturated heterocycles. The lowest BCUT2D eigenvalue weighted by molar-refractivity contribution is 0.520. The maximum Gasteiger partial charge on any atom is 0.242 e. The number of halogens is 1. The van der Waals surface area contributed by atoms with E-state index in [4.69, 9.17) is 5.73 Å². The molecular formula is C17H23IN4O2S. The summed E-state index contributed by atoms with van der Waals surface area (Å²) in [4.78, 5) is 4.52. The molecule has 8 heteroatoms. The molecule has 0 aliphatic heterocycles. The van der Waals surface area contributed by atoms with Crippen molar-refractivity contribution in [3.63, 3.8) is 0 Å². The molecule has 2 rings (SSSR count). The maximum absolute atomic E-state index is 12.0. The Hall–Kier alpha value is -1.65. The molecule has 0 unspecified atom stereocenters. The number of aryl methyl sites for hydroxylation is 1. The number of benzene rings is 2. The summed E-state index contributed by atoms with van der Waals surface area (Å²) in [6.07, 6.45) is 0. The summed E-state index contributed by atoms with van der Waals surface area (Å²) in [7, 11) is -0.399. The summed E-state index contributed by atoms with van der Waals surface area (Å²) in [5.74, 6) is 0.309. The molecule has 136 valence electrons. The van der Waals surface area contributed by atoms with Gasteiger partial charge in [-0.1, -0.05) is 29.8 Å². The van der Waals surface area contributed by atoms with Crippen LogP contribution in [-0.2, 0) is 16.6 Å². The SMILES string of the molecule is Cc1ccc(NC(N)=NCc2ccc(S(=O)(=O)N(C)C)cc2)cc1.I. The minimum absolute atomic E-state index is 0. The molecule has 0 saturated carbocycles. The molecule has 3 N–H and O–H groups in total. The molecule has 0 bridgehead atoms. The van der Waals surface area contributed by atoms with Crippen molar-refractivity contribution in [2.75, 3.05) is 19.4 Å². The summed E-state index contributed by atoms with van der Waals surface area (Å²) < 4.78 is 25.2.